The van der Waals surface area contributed by atoms with E-state index in [0.717, 1.165) is 23.7 Å². The van der Waals surface area contributed by atoms with Crippen LogP contribution in [0.2, 0.25) is 0 Å². The predicted molar refractivity (Wildman–Crippen MR) is 109 cm³/mol. The molecule has 0 aliphatic carbocycles. The lowest BCUT2D eigenvalue weighted by molar-refractivity contribution is -0.133. The Morgan fingerprint density at radius 1 is 1.14 bits per heavy atom. The second-order valence-electron chi connectivity index (χ2n) is 8.39. The molecule has 4 amide bonds. The third kappa shape index (κ3) is 4.46. The first kappa shape index (κ1) is 20.2. The largest absolute Gasteiger partial charge is 0.372 e. The molecule has 7 nitrogen and oxygen atoms in total. The van der Waals surface area contributed by atoms with Crippen LogP contribution in [0.15, 0.2) is 24.3 Å². The van der Waals surface area contributed by atoms with Gasteiger partial charge in [0.2, 0.25) is 5.91 Å². The van der Waals surface area contributed by atoms with E-state index in [2.05, 4.69) is 15.5 Å². The lowest BCUT2D eigenvalue weighted by Gasteiger charge is -2.28. The van der Waals surface area contributed by atoms with Gasteiger partial charge in [-0.1, -0.05) is 13.8 Å². The molecule has 0 aromatic heterocycles. The summed E-state index contributed by atoms with van der Waals surface area (Å²) in [6.07, 6.45) is 4.23. The molecule has 1 atom stereocenters. The molecule has 2 N–H and O–H groups in total. The van der Waals surface area contributed by atoms with Gasteiger partial charge in [-0.05, 0) is 62.8 Å². The maximum absolute atomic E-state index is 12.6. The molecule has 1 aromatic rings. The number of anilines is 2. The zero-order chi connectivity index (χ0) is 20.3. The highest BCUT2D eigenvalue weighted by molar-refractivity contribution is 6.09. The fourth-order valence-electron chi connectivity index (χ4n) is 4.10. The molecule has 7 heteroatoms. The van der Waals surface area contributed by atoms with Gasteiger partial charge in [0.15, 0.2) is 0 Å². The number of hydrogen-bond acceptors (Lipinski definition) is 4. The summed E-state index contributed by atoms with van der Waals surface area (Å²) in [5, 5.41) is 5.50. The average Bonchev–Trinajstić information content (AvgIpc) is 2.85. The number of nitrogens with one attached hydrogen (secondary N) is 2. The molecule has 2 saturated heterocycles. The van der Waals surface area contributed by atoms with Gasteiger partial charge in [-0.3, -0.25) is 14.5 Å². The van der Waals surface area contributed by atoms with Crippen molar-refractivity contribution < 1.29 is 14.4 Å². The maximum atomic E-state index is 12.6. The van der Waals surface area contributed by atoms with E-state index < -0.39 is 11.6 Å². The SMILES string of the molecule is CC(C)C[C@]1(C)NC(=O)N(CC(=O)Nc2ccc(N3CCCCC3)cc2)C1=O. The second-order valence-corrected chi connectivity index (χ2v) is 8.39. The van der Waals surface area contributed by atoms with Crippen LogP contribution in [0, 0.1) is 5.92 Å². The van der Waals surface area contributed by atoms with Crippen LogP contribution in [-0.4, -0.2) is 47.9 Å². The zero-order valence-electron chi connectivity index (χ0n) is 17.0. The second kappa shape index (κ2) is 8.20. The van der Waals surface area contributed by atoms with E-state index in [1.54, 1.807) is 6.92 Å². The van der Waals surface area contributed by atoms with Crippen molar-refractivity contribution in [3.05, 3.63) is 24.3 Å². The van der Waals surface area contributed by atoms with E-state index in [0.29, 0.717) is 12.1 Å². The summed E-state index contributed by atoms with van der Waals surface area (Å²) in [5.74, 6) is -0.480. The maximum Gasteiger partial charge on any atom is 0.325 e. The summed E-state index contributed by atoms with van der Waals surface area (Å²) in [6.45, 7) is 7.54. The van der Waals surface area contributed by atoms with E-state index in [1.807, 2.05) is 38.1 Å². The minimum atomic E-state index is -0.943. The van der Waals surface area contributed by atoms with Crippen LogP contribution in [0.5, 0.6) is 0 Å². The van der Waals surface area contributed by atoms with Crippen molar-refractivity contribution in [3.8, 4) is 0 Å². The van der Waals surface area contributed by atoms with Gasteiger partial charge in [-0.15, -0.1) is 0 Å². The molecule has 0 radical (unpaired) electrons. The number of piperidine rings is 1. The third-order valence-electron chi connectivity index (χ3n) is 5.34. The normalized spacial score (nSPS) is 22.6. The molecule has 2 aliphatic rings. The first-order valence-corrected chi connectivity index (χ1v) is 10.1. The molecule has 0 bridgehead atoms. The van der Waals surface area contributed by atoms with Gasteiger partial charge in [0.1, 0.15) is 12.1 Å². The van der Waals surface area contributed by atoms with Crippen LogP contribution in [0.4, 0.5) is 16.2 Å². The predicted octanol–water partition coefficient (Wildman–Crippen LogP) is 2.97. The molecule has 28 heavy (non-hydrogen) atoms. The Morgan fingerprint density at radius 2 is 1.79 bits per heavy atom. The number of carbonyl (C=O) groups is 3. The molecule has 2 fully saturated rings. The van der Waals surface area contributed by atoms with Gasteiger partial charge >= 0.3 is 6.03 Å². The van der Waals surface area contributed by atoms with Crippen molar-refractivity contribution >= 4 is 29.2 Å². The number of amides is 4. The van der Waals surface area contributed by atoms with Crippen molar-refractivity contribution in [2.75, 3.05) is 29.9 Å². The molecule has 0 unspecified atom stereocenters. The first-order valence-electron chi connectivity index (χ1n) is 10.1. The summed E-state index contributed by atoms with van der Waals surface area (Å²) in [7, 11) is 0. The third-order valence-corrected chi connectivity index (χ3v) is 5.34. The van der Waals surface area contributed by atoms with Crippen LogP contribution >= 0.6 is 0 Å². The van der Waals surface area contributed by atoms with Crippen LogP contribution in [0.3, 0.4) is 0 Å². The summed E-state index contributed by atoms with van der Waals surface area (Å²) in [6, 6.07) is 7.19. The van der Waals surface area contributed by atoms with Crippen molar-refractivity contribution in [2.24, 2.45) is 5.92 Å². The monoisotopic (exact) mass is 386 g/mol. The van der Waals surface area contributed by atoms with Gasteiger partial charge in [0.05, 0.1) is 0 Å². The molecule has 0 spiro atoms. The topological polar surface area (TPSA) is 81.8 Å². The van der Waals surface area contributed by atoms with Gasteiger partial charge < -0.3 is 15.5 Å². The minimum Gasteiger partial charge on any atom is -0.372 e. The molecule has 152 valence electrons. The molecule has 2 heterocycles. The van der Waals surface area contributed by atoms with E-state index in [1.165, 1.54) is 19.3 Å². The minimum absolute atomic E-state index is 0.251. The zero-order valence-corrected chi connectivity index (χ0v) is 17.0. The fourth-order valence-corrected chi connectivity index (χ4v) is 4.10. The summed E-state index contributed by atoms with van der Waals surface area (Å²) in [5.41, 5.74) is 0.862. The van der Waals surface area contributed by atoms with Gasteiger partial charge in [0.25, 0.3) is 5.91 Å². The molecule has 0 saturated carbocycles. The average molecular weight is 386 g/mol. The molecule has 2 aliphatic heterocycles. The Bertz CT molecular complexity index is 741. The van der Waals surface area contributed by atoms with Crippen LogP contribution in [-0.2, 0) is 9.59 Å². The smallest absolute Gasteiger partial charge is 0.325 e. The highest BCUT2D eigenvalue weighted by atomic mass is 16.2. The molecule has 3 rings (SSSR count). The van der Waals surface area contributed by atoms with Crippen molar-refractivity contribution in [1.82, 2.24) is 10.2 Å². The van der Waals surface area contributed by atoms with Crippen LogP contribution < -0.4 is 15.5 Å². The Balaban J connectivity index is 1.58. The van der Waals surface area contributed by atoms with Crippen molar-refractivity contribution in [1.29, 1.82) is 0 Å². The van der Waals surface area contributed by atoms with Crippen molar-refractivity contribution in [3.63, 3.8) is 0 Å². The highest BCUT2D eigenvalue weighted by Crippen LogP contribution is 2.25. The van der Waals surface area contributed by atoms with E-state index in [9.17, 15) is 14.4 Å². The Labute approximate surface area is 166 Å². The van der Waals surface area contributed by atoms with Gasteiger partial charge in [-0.25, -0.2) is 4.79 Å². The van der Waals surface area contributed by atoms with Gasteiger partial charge in [-0.2, -0.15) is 0 Å². The number of rotatable bonds is 6. The van der Waals surface area contributed by atoms with E-state index in [4.69, 9.17) is 0 Å². The highest BCUT2D eigenvalue weighted by Gasteiger charge is 2.48. The Hall–Kier alpha value is -2.57. The number of urea groups is 1. The number of imide groups is 1. The summed E-state index contributed by atoms with van der Waals surface area (Å²) < 4.78 is 0. The molecular formula is C21H30N4O3. The van der Waals surface area contributed by atoms with E-state index in [-0.39, 0.29) is 24.3 Å². The summed E-state index contributed by atoms with van der Waals surface area (Å²) in [4.78, 5) is 40.6. The van der Waals surface area contributed by atoms with Crippen LogP contribution in [0.1, 0.15) is 46.5 Å². The van der Waals surface area contributed by atoms with Gasteiger partial charge in [0, 0.05) is 24.5 Å². The lowest BCUT2D eigenvalue weighted by Crippen LogP contribution is -2.45. The molecule has 1 aromatic carbocycles. The van der Waals surface area contributed by atoms with Crippen LogP contribution in [0.25, 0.3) is 0 Å². The first-order chi connectivity index (χ1) is 13.3. The standard InChI is InChI=1S/C21H30N4O3/c1-15(2)13-21(3)19(27)25(20(28)23-21)14-18(26)22-16-7-9-17(10-8-16)24-11-5-4-6-12-24/h7-10,15H,4-6,11-14H2,1-3H3,(H,22,26)(H,23,28)/t21-/m0/s1. The Kier molecular flexibility index (Phi) is 5.91. The fraction of sp³-hybridized carbons (Fsp3) is 0.571. The lowest BCUT2D eigenvalue weighted by atomic mass is 9.91. The quantitative estimate of drug-likeness (QED) is 0.737. The summed E-state index contributed by atoms with van der Waals surface area (Å²) >= 11 is 0. The number of benzene rings is 1. The number of nitrogens with zero attached hydrogens (tertiary/aromatic N) is 2. The van der Waals surface area contributed by atoms with E-state index >= 15 is 0 Å². The number of hydrogen-bond donors (Lipinski definition) is 2. The number of carbonyl (C=O) groups excluding carboxylic acids is 3. The Morgan fingerprint density at radius 3 is 2.39 bits per heavy atom. The molecular weight excluding hydrogens is 356 g/mol. The van der Waals surface area contributed by atoms with Crippen molar-refractivity contribution in [2.45, 2.75) is 52.0 Å².